The summed E-state index contributed by atoms with van der Waals surface area (Å²) in [5.41, 5.74) is 7.52. The van der Waals surface area contributed by atoms with Crippen molar-refractivity contribution in [2.45, 2.75) is 13.2 Å². The molecule has 5 N–H and O–H groups in total. The van der Waals surface area contributed by atoms with Gasteiger partial charge in [-0.05, 0) is 35.9 Å². The van der Waals surface area contributed by atoms with Gasteiger partial charge in [0.2, 0.25) is 6.73 Å². The first-order chi connectivity index (χ1) is 16.6. The van der Waals surface area contributed by atoms with E-state index in [9.17, 15) is 17.7 Å². The molecule has 4 rings (SSSR count). The lowest BCUT2D eigenvalue weighted by molar-refractivity contribution is -0.711. The molecule has 0 radical (unpaired) electrons. The molecular formula is C21H18F3N5O5P+. The summed E-state index contributed by atoms with van der Waals surface area (Å²) in [5, 5.41) is 6.58. The minimum Gasteiger partial charge on any atom is -0.356 e. The van der Waals surface area contributed by atoms with Gasteiger partial charge in [-0.2, -0.15) is 0 Å². The number of anilines is 3. The van der Waals surface area contributed by atoms with Gasteiger partial charge >= 0.3 is 7.82 Å². The maximum atomic E-state index is 13.8. The molecule has 0 aliphatic heterocycles. The lowest BCUT2D eigenvalue weighted by Crippen LogP contribution is -2.38. The fraction of sp³-hybridized carbons (Fsp3) is 0.0952. The maximum absolute atomic E-state index is 13.8. The molecular weight excluding hydrogens is 490 g/mol. The van der Waals surface area contributed by atoms with Crippen LogP contribution in [0.15, 0.2) is 59.4 Å². The number of hydrogen-bond acceptors (Lipinski definition) is 7. The average molecular weight is 508 g/mol. The van der Waals surface area contributed by atoms with E-state index in [1.807, 2.05) is 0 Å². The molecule has 14 heteroatoms. The van der Waals surface area contributed by atoms with Crippen molar-refractivity contribution in [1.29, 1.82) is 0 Å². The van der Waals surface area contributed by atoms with E-state index in [1.54, 1.807) is 24.3 Å². The van der Waals surface area contributed by atoms with Crippen molar-refractivity contribution < 1.29 is 41.1 Å². The zero-order valence-electron chi connectivity index (χ0n) is 17.7. The number of halogens is 3. The molecule has 0 atom stereocenters. The second kappa shape index (κ2) is 9.84. The van der Waals surface area contributed by atoms with Crippen molar-refractivity contribution in [1.82, 2.24) is 10.1 Å². The molecule has 0 bridgehead atoms. The zero-order valence-corrected chi connectivity index (χ0v) is 18.6. The molecule has 3 aromatic heterocycles. The molecule has 182 valence electrons. The second-order valence-electron chi connectivity index (χ2n) is 7.28. The van der Waals surface area contributed by atoms with E-state index in [0.717, 1.165) is 17.7 Å². The Labute approximate surface area is 196 Å². The normalized spacial score (nSPS) is 11.6. The topological polar surface area (TPSA) is 148 Å². The molecule has 4 aromatic rings. The number of nitrogens with zero attached hydrogens (tertiary/aromatic N) is 3. The molecule has 1 aromatic carbocycles. The smallest absolute Gasteiger partial charge is 0.356 e. The van der Waals surface area contributed by atoms with Gasteiger partial charge in [0.15, 0.2) is 23.2 Å². The molecule has 35 heavy (non-hydrogen) atoms. The summed E-state index contributed by atoms with van der Waals surface area (Å²) in [5.74, 6) is -3.52. The molecule has 0 spiro atoms. The Balaban J connectivity index is 1.45. The fourth-order valence-corrected chi connectivity index (χ4v) is 3.39. The summed E-state index contributed by atoms with van der Waals surface area (Å²) in [6, 6.07) is 9.99. The second-order valence-corrected chi connectivity index (χ2v) is 8.52. The molecule has 0 amide bonds. The average Bonchev–Trinajstić information content (AvgIpc) is 3.27. The van der Waals surface area contributed by atoms with Gasteiger partial charge in [0.1, 0.15) is 11.4 Å². The number of benzene rings is 1. The van der Waals surface area contributed by atoms with Gasteiger partial charge in [0.05, 0.1) is 17.6 Å². The van der Waals surface area contributed by atoms with Gasteiger partial charge in [-0.25, -0.2) is 31.8 Å². The highest BCUT2D eigenvalue weighted by Gasteiger charge is 2.21. The fourth-order valence-electron chi connectivity index (χ4n) is 3.12. The number of aromatic nitrogens is 3. The first-order valence-electron chi connectivity index (χ1n) is 9.90. The highest BCUT2D eigenvalue weighted by atomic mass is 31.2. The number of hydrogen-bond donors (Lipinski definition) is 4. The predicted octanol–water partition coefficient (Wildman–Crippen LogP) is 3.42. The Hall–Kier alpha value is -3.77. The third-order valence-corrected chi connectivity index (χ3v) is 5.26. The van der Waals surface area contributed by atoms with Crippen LogP contribution in [0.4, 0.5) is 30.5 Å². The van der Waals surface area contributed by atoms with E-state index >= 15 is 0 Å². The Morgan fingerprint density at radius 2 is 1.94 bits per heavy atom. The number of nitrogen functional groups attached to an aromatic ring is 1. The number of nitrogens with two attached hydrogens (primary N) is 1. The van der Waals surface area contributed by atoms with E-state index in [0.29, 0.717) is 23.4 Å². The number of phosphoric acid groups is 1. The molecule has 0 saturated heterocycles. The molecule has 0 saturated carbocycles. The lowest BCUT2D eigenvalue weighted by Gasteiger charge is -2.08. The number of phosphoric ester groups is 1. The highest BCUT2D eigenvalue weighted by molar-refractivity contribution is 7.46. The van der Waals surface area contributed by atoms with Crippen molar-refractivity contribution in [2.24, 2.45) is 0 Å². The standard InChI is InChI=1S/C21H17F3N5O5P/c22-15-4-5-16(20(24)19(15)23)27-18-6-3-12(10-26-18)8-13-9-17(34-28-13)14-2-1-7-29(21(14)25)11-33-35(30,31)32/h1-7,9-10,25H,8,11H2,(H3,26,27,30,31,32)/p+1. The zero-order chi connectivity index (χ0) is 25.2. The third kappa shape index (κ3) is 5.84. The van der Waals surface area contributed by atoms with Crippen LogP contribution in [0.2, 0.25) is 0 Å². The third-order valence-electron chi connectivity index (χ3n) is 4.81. The van der Waals surface area contributed by atoms with Crippen molar-refractivity contribution in [3.8, 4) is 11.3 Å². The minimum absolute atomic E-state index is 0.144. The van der Waals surface area contributed by atoms with E-state index < -0.39 is 32.0 Å². The van der Waals surface area contributed by atoms with Crippen LogP contribution in [-0.2, 0) is 22.2 Å². The van der Waals surface area contributed by atoms with E-state index in [-0.39, 0.29) is 17.3 Å². The number of rotatable bonds is 8. The Morgan fingerprint density at radius 1 is 1.14 bits per heavy atom. The Kier molecular flexibility index (Phi) is 6.85. The van der Waals surface area contributed by atoms with Crippen LogP contribution >= 0.6 is 7.82 Å². The molecule has 0 aliphatic carbocycles. The van der Waals surface area contributed by atoms with Crippen LogP contribution in [0.1, 0.15) is 11.3 Å². The summed E-state index contributed by atoms with van der Waals surface area (Å²) in [7, 11) is -4.68. The summed E-state index contributed by atoms with van der Waals surface area (Å²) >= 11 is 0. The van der Waals surface area contributed by atoms with Gasteiger partial charge in [-0.15, -0.1) is 0 Å². The SMILES string of the molecule is Nc1c(-c2cc(Cc3ccc(Nc4ccc(F)c(F)c4F)nc3)no2)ccc[n+]1COP(=O)(O)O. The summed E-state index contributed by atoms with van der Waals surface area (Å²) in [6.45, 7) is -0.467. The van der Waals surface area contributed by atoms with Crippen LogP contribution in [0.5, 0.6) is 0 Å². The van der Waals surface area contributed by atoms with Gasteiger partial charge < -0.3 is 19.6 Å². The van der Waals surface area contributed by atoms with E-state index in [4.69, 9.17) is 20.0 Å². The van der Waals surface area contributed by atoms with Crippen LogP contribution in [0, 0.1) is 17.5 Å². The first-order valence-corrected chi connectivity index (χ1v) is 11.4. The molecule has 10 nitrogen and oxygen atoms in total. The van der Waals surface area contributed by atoms with Gasteiger partial charge in [0, 0.05) is 18.7 Å². The first kappa shape index (κ1) is 24.4. The Bertz CT molecular complexity index is 1410. The van der Waals surface area contributed by atoms with Crippen LogP contribution < -0.4 is 15.6 Å². The van der Waals surface area contributed by atoms with Crippen LogP contribution in [-0.4, -0.2) is 19.9 Å². The molecule has 0 fully saturated rings. The largest absolute Gasteiger partial charge is 0.472 e. The summed E-state index contributed by atoms with van der Waals surface area (Å²) in [6.07, 6.45) is 3.31. The highest BCUT2D eigenvalue weighted by Crippen LogP contribution is 2.35. The summed E-state index contributed by atoms with van der Waals surface area (Å²) < 4.78 is 62.4. The van der Waals surface area contributed by atoms with E-state index in [1.165, 1.54) is 23.0 Å². The lowest BCUT2D eigenvalue weighted by atomic mass is 10.1. The van der Waals surface area contributed by atoms with Gasteiger partial charge in [-0.1, -0.05) is 11.2 Å². The van der Waals surface area contributed by atoms with Crippen molar-refractivity contribution in [3.05, 3.63) is 83.6 Å². The molecule has 3 heterocycles. The predicted molar refractivity (Wildman–Crippen MR) is 116 cm³/mol. The molecule has 0 aliphatic rings. The minimum atomic E-state index is -4.68. The monoisotopic (exact) mass is 508 g/mol. The van der Waals surface area contributed by atoms with Crippen molar-refractivity contribution >= 4 is 25.1 Å². The van der Waals surface area contributed by atoms with E-state index in [2.05, 4.69) is 20.0 Å². The number of nitrogens with one attached hydrogen (secondary N) is 1. The van der Waals surface area contributed by atoms with Crippen LogP contribution in [0.3, 0.4) is 0 Å². The number of pyridine rings is 2. The Morgan fingerprint density at radius 3 is 2.66 bits per heavy atom. The molecule has 0 unspecified atom stereocenters. The van der Waals surface area contributed by atoms with Crippen LogP contribution in [0.25, 0.3) is 11.3 Å². The quantitative estimate of drug-likeness (QED) is 0.160. The summed E-state index contributed by atoms with van der Waals surface area (Å²) in [4.78, 5) is 21.9. The van der Waals surface area contributed by atoms with Crippen molar-refractivity contribution in [2.75, 3.05) is 11.1 Å². The maximum Gasteiger partial charge on any atom is 0.472 e. The van der Waals surface area contributed by atoms with Gasteiger partial charge in [0.25, 0.3) is 5.82 Å². The van der Waals surface area contributed by atoms with Crippen molar-refractivity contribution in [3.63, 3.8) is 0 Å². The van der Waals surface area contributed by atoms with Gasteiger partial charge in [-0.3, -0.25) is 5.73 Å².